The van der Waals surface area contributed by atoms with E-state index in [-0.39, 0.29) is 17.4 Å². The SMILES string of the molecule is O=C(CCc1csc(NC(=O)c2ccc(=O)[nH]c2)n1)NC1CCCCC1. The fourth-order valence-electron chi connectivity index (χ4n) is 2.99. The van der Waals surface area contributed by atoms with Crippen LogP contribution >= 0.6 is 11.3 Å². The summed E-state index contributed by atoms with van der Waals surface area (Å²) in [5, 5.41) is 8.11. The summed E-state index contributed by atoms with van der Waals surface area (Å²) in [6.07, 6.45) is 8.09. The Morgan fingerprint density at radius 3 is 2.77 bits per heavy atom. The number of hydrogen-bond acceptors (Lipinski definition) is 5. The molecule has 1 saturated carbocycles. The Labute approximate surface area is 155 Å². The van der Waals surface area contributed by atoms with E-state index >= 15 is 0 Å². The standard InChI is InChI=1S/C18H22N4O3S/c23-15-8-6-12(10-19-15)17(25)22-18-21-14(11-26-18)7-9-16(24)20-13-4-2-1-3-5-13/h6,8,10-11,13H,1-5,7,9H2,(H,19,23)(H,20,24)(H,21,22,25). The highest BCUT2D eigenvalue weighted by atomic mass is 32.1. The molecule has 0 atom stereocenters. The van der Waals surface area contributed by atoms with Crippen LogP contribution in [0.25, 0.3) is 0 Å². The zero-order valence-electron chi connectivity index (χ0n) is 14.4. The van der Waals surface area contributed by atoms with Gasteiger partial charge < -0.3 is 10.3 Å². The summed E-state index contributed by atoms with van der Waals surface area (Å²) >= 11 is 1.32. The van der Waals surface area contributed by atoms with Gasteiger partial charge in [-0.3, -0.25) is 19.7 Å². The van der Waals surface area contributed by atoms with E-state index in [9.17, 15) is 14.4 Å². The van der Waals surface area contributed by atoms with Crippen LogP contribution < -0.4 is 16.2 Å². The molecule has 0 aliphatic heterocycles. The summed E-state index contributed by atoms with van der Waals surface area (Å²) in [6.45, 7) is 0. The van der Waals surface area contributed by atoms with Gasteiger partial charge in [0.15, 0.2) is 5.13 Å². The average Bonchev–Trinajstić information content (AvgIpc) is 3.09. The maximum atomic E-state index is 12.1. The lowest BCUT2D eigenvalue weighted by atomic mass is 9.95. The van der Waals surface area contributed by atoms with Gasteiger partial charge >= 0.3 is 0 Å². The second kappa shape index (κ2) is 8.75. The highest BCUT2D eigenvalue weighted by Crippen LogP contribution is 2.19. The smallest absolute Gasteiger partial charge is 0.258 e. The predicted molar refractivity (Wildman–Crippen MR) is 100 cm³/mol. The molecule has 138 valence electrons. The van der Waals surface area contributed by atoms with Crippen molar-refractivity contribution in [2.45, 2.75) is 51.0 Å². The fraction of sp³-hybridized carbons (Fsp3) is 0.444. The number of anilines is 1. The van der Waals surface area contributed by atoms with E-state index in [0.29, 0.717) is 29.6 Å². The molecule has 3 N–H and O–H groups in total. The van der Waals surface area contributed by atoms with Crippen molar-refractivity contribution in [1.29, 1.82) is 0 Å². The van der Waals surface area contributed by atoms with Gasteiger partial charge in [0.05, 0.1) is 11.3 Å². The van der Waals surface area contributed by atoms with Gasteiger partial charge in [-0.25, -0.2) is 4.98 Å². The largest absolute Gasteiger partial charge is 0.353 e. The Morgan fingerprint density at radius 2 is 2.04 bits per heavy atom. The number of thiazole rings is 1. The molecule has 1 aliphatic rings. The Bertz CT molecular complexity index is 803. The van der Waals surface area contributed by atoms with Gasteiger partial charge in [0.2, 0.25) is 11.5 Å². The number of aromatic nitrogens is 2. The van der Waals surface area contributed by atoms with Crippen LogP contribution in [-0.4, -0.2) is 27.8 Å². The Kier molecular flexibility index (Phi) is 6.17. The van der Waals surface area contributed by atoms with Crippen molar-refractivity contribution in [1.82, 2.24) is 15.3 Å². The molecule has 0 radical (unpaired) electrons. The highest BCUT2D eigenvalue weighted by molar-refractivity contribution is 7.14. The van der Waals surface area contributed by atoms with Crippen molar-refractivity contribution in [3.63, 3.8) is 0 Å². The molecule has 26 heavy (non-hydrogen) atoms. The average molecular weight is 374 g/mol. The number of amides is 2. The summed E-state index contributed by atoms with van der Waals surface area (Å²) in [4.78, 5) is 42.0. The Hall–Kier alpha value is -2.48. The quantitative estimate of drug-likeness (QED) is 0.722. The molecule has 2 aromatic rings. The van der Waals surface area contributed by atoms with Crippen LogP contribution in [0, 0.1) is 0 Å². The van der Waals surface area contributed by atoms with Crippen LogP contribution in [0.15, 0.2) is 28.5 Å². The molecule has 2 aromatic heterocycles. The first-order valence-corrected chi connectivity index (χ1v) is 9.72. The second-order valence-corrected chi connectivity index (χ2v) is 7.30. The van der Waals surface area contributed by atoms with Crippen LogP contribution in [0.2, 0.25) is 0 Å². The van der Waals surface area contributed by atoms with E-state index in [0.717, 1.165) is 18.5 Å². The van der Waals surface area contributed by atoms with Crippen molar-refractivity contribution < 1.29 is 9.59 Å². The lowest BCUT2D eigenvalue weighted by molar-refractivity contribution is -0.122. The number of aryl methyl sites for hydroxylation is 1. The lowest BCUT2D eigenvalue weighted by Gasteiger charge is -2.22. The minimum Gasteiger partial charge on any atom is -0.353 e. The van der Waals surface area contributed by atoms with Gasteiger partial charge in [0, 0.05) is 30.1 Å². The molecule has 1 fully saturated rings. The first kappa shape index (κ1) is 18.3. The van der Waals surface area contributed by atoms with E-state index in [1.54, 1.807) is 0 Å². The van der Waals surface area contributed by atoms with Crippen molar-refractivity contribution in [2.24, 2.45) is 0 Å². The molecular weight excluding hydrogens is 352 g/mol. The zero-order chi connectivity index (χ0) is 18.4. The minimum absolute atomic E-state index is 0.0590. The normalized spacial score (nSPS) is 14.8. The van der Waals surface area contributed by atoms with E-state index < -0.39 is 0 Å². The Morgan fingerprint density at radius 1 is 1.23 bits per heavy atom. The summed E-state index contributed by atoms with van der Waals surface area (Å²) in [6, 6.07) is 3.07. The summed E-state index contributed by atoms with van der Waals surface area (Å²) in [5.41, 5.74) is 0.878. The maximum absolute atomic E-state index is 12.1. The summed E-state index contributed by atoms with van der Waals surface area (Å²) in [5.74, 6) is -0.277. The fourth-order valence-corrected chi connectivity index (χ4v) is 3.73. The van der Waals surface area contributed by atoms with Gasteiger partial charge in [-0.05, 0) is 25.3 Å². The number of aromatic amines is 1. The number of carbonyl (C=O) groups is 2. The number of rotatable bonds is 6. The maximum Gasteiger partial charge on any atom is 0.258 e. The molecule has 2 amide bonds. The first-order chi connectivity index (χ1) is 12.6. The van der Waals surface area contributed by atoms with Crippen LogP contribution in [-0.2, 0) is 11.2 Å². The topological polar surface area (TPSA) is 104 Å². The Balaban J connectivity index is 1.46. The summed E-state index contributed by atoms with van der Waals surface area (Å²) < 4.78 is 0. The van der Waals surface area contributed by atoms with Gasteiger partial charge in [-0.15, -0.1) is 11.3 Å². The van der Waals surface area contributed by atoms with Crippen LogP contribution in [0.1, 0.15) is 54.6 Å². The molecule has 7 nitrogen and oxygen atoms in total. The van der Waals surface area contributed by atoms with Crippen LogP contribution in [0.4, 0.5) is 5.13 Å². The van der Waals surface area contributed by atoms with E-state index in [1.165, 1.54) is 48.9 Å². The predicted octanol–water partition coefficient (Wildman–Crippen LogP) is 2.47. The minimum atomic E-state index is -0.336. The van der Waals surface area contributed by atoms with Gasteiger partial charge in [0.1, 0.15) is 0 Å². The third-order valence-corrected chi connectivity index (χ3v) is 5.20. The first-order valence-electron chi connectivity index (χ1n) is 8.84. The van der Waals surface area contributed by atoms with E-state index in [2.05, 4.69) is 20.6 Å². The van der Waals surface area contributed by atoms with Gasteiger partial charge in [-0.1, -0.05) is 19.3 Å². The van der Waals surface area contributed by atoms with Gasteiger partial charge in [0.25, 0.3) is 5.91 Å². The number of nitrogens with zero attached hydrogens (tertiary/aromatic N) is 1. The van der Waals surface area contributed by atoms with Crippen LogP contribution in [0.3, 0.4) is 0 Å². The number of carbonyl (C=O) groups excluding carboxylic acids is 2. The molecule has 0 spiro atoms. The molecule has 0 unspecified atom stereocenters. The number of H-pyrrole nitrogens is 1. The molecule has 8 heteroatoms. The number of pyridine rings is 1. The second-order valence-electron chi connectivity index (χ2n) is 6.44. The summed E-state index contributed by atoms with van der Waals surface area (Å²) in [7, 11) is 0. The lowest BCUT2D eigenvalue weighted by Crippen LogP contribution is -2.36. The molecule has 0 aromatic carbocycles. The highest BCUT2D eigenvalue weighted by Gasteiger charge is 2.16. The molecular formula is C18H22N4O3S. The molecule has 3 rings (SSSR count). The van der Waals surface area contributed by atoms with Crippen molar-refractivity contribution in [3.8, 4) is 0 Å². The van der Waals surface area contributed by atoms with Crippen molar-refractivity contribution in [3.05, 3.63) is 45.3 Å². The molecule has 0 saturated heterocycles. The van der Waals surface area contributed by atoms with Crippen LogP contribution in [0.5, 0.6) is 0 Å². The van der Waals surface area contributed by atoms with E-state index in [1.807, 2.05) is 5.38 Å². The number of nitrogens with one attached hydrogen (secondary N) is 3. The monoisotopic (exact) mass is 374 g/mol. The van der Waals surface area contributed by atoms with E-state index in [4.69, 9.17) is 0 Å². The van der Waals surface area contributed by atoms with Crippen molar-refractivity contribution in [2.75, 3.05) is 5.32 Å². The molecule has 2 heterocycles. The molecule has 1 aliphatic carbocycles. The third kappa shape index (κ3) is 5.26. The number of hydrogen-bond donors (Lipinski definition) is 3. The third-order valence-electron chi connectivity index (χ3n) is 4.40. The molecule has 0 bridgehead atoms. The van der Waals surface area contributed by atoms with Crippen molar-refractivity contribution >= 4 is 28.3 Å². The van der Waals surface area contributed by atoms with Gasteiger partial charge in [-0.2, -0.15) is 0 Å². The zero-order valence-corrected chi connectivity index (χ0v) is 15.2.